The quantitative estimate of drug-likeness (QED) is 0.186. The van der Waals surface area contributed by atoms with E-state index in [2.05, 4.69) is 118 Å². The molecule has 0 saturated heterocycles. The lowest BCUT2D eigenvalue weighted by atomic mass is 9.88. The zero-order valence-corrected chi connectivity index (χ0v) is 26.6. The van der Waals surface area contributed by atoms with E-state index in [0.717, 1.165) is 57.8 Å². The monoisotopic (exact) mass is 590 g/mol. The van der Waals surface area contributed by atoms with Crippen LogP contribution in [0.15, 0.2) is 116 Å². The van der Waals surface area contributed by atoms with E-state index in [4.69, 9.17) is 14.8 Å². The minimum Gasteiger partial charge on any atom is -0.457 e. The van der Waals surface area contributed by atoms with Crippen molar-refractivity contribution in [3.63, 3.8) is 0 Å². The van der Waals surface area contributed by atoms with E-state index in [1.54, 1.807) is 0 Å². The Morgan fingerprint density at radius 2 is 1.44 bits per heavy atom. The van der Waals surface area contributed by atoms with E-state index in [9.17, 15) is 0 Å². The molecule has 0 atom stereocenters. The van der Waals surface area contributed by atoms with Crippen LogP contribution in [-0.2, 0) is 18.3 Å². The molecule has 3 aromatic heterocycles. The number of hydrogen-bond acceptors (Lipinski definition) is 3. The number of hydrogen-bond donors (Lipinski definition) is 0. The molecule has 0 radical (unpaired) electrons. The number of nitrogens with zero attached hydrogens (tertiary/aromatic N) is 4. The zero-order chi connectivity index (χ0) is 31.1. The highest BCUT2D eigenvalue weighted by atomic mass is 16.5. The Morgan fingerprint density at radius 1 is 0.711 bits per heavy atom. The first-order valence-electron chi connectivity index (χ1n) is 15.8. The Hall–Kier alpha value is -5.16. The fourth-order valence-corrected chi connectivity index (χ4v) is 6.30. The summed E-state index contributed by atoms with van der Waals surface area (Å²) in [5.41, 5.74) is 9.52. The molecule has 0 aliphatic heterocycles. The second-order valence-corrected chi connectivity index (χ2v) is 12.6. The highest BCUT2D eigenvalue weighted by Crippen LogP contribution is 2.36. The summed E-state index contributed by atoms with van der Waals surface area (Å²) in [6.07, 6.45) is 7.97. The first-order valence-corrected chi connectivity index (χ1v) is 15.8. The molecular weight excluding hydrogens is 552 g/mol. The average Bonchev–Trinajstić information content (AvgIpc) is 3.67. The van der Waals surface area contributed by atoms with E-state index in [0.29, 0.717) is 0 Å². The van der Waals surface area contributed by atoms with Gasteiger partial charge in [0.05, 0.1) is 22.9 Å². The predicted octanol–water partition coefficient (Wildman–Crippen LogP) is 10.2. The molecule has 0 amide bonds. The van der Waals surface area contributed by atoms with Crippen LogP contribution in [0.2, 0.25) is 0 Å². The number of aryl methyl sites for hydroxylation is 2. The third-order valence-corrected chi connectivity index (χ3v) is 8.67. The van der Waals surface area contributed by atoms with Crippen LogP contribution in [-0.4, -0.2) is 19.3 Å². The number of benzene rings is 4. The van der Waals surface area contributed by atoms with Gasteiger partial charge in [-0.3, -0.25) is 4.57 Å². The standard InChI is InChI=1S/C40H38N4O/c1-6-27-12-10-13-28(7-2)39(27)29-25-42-43(26-29)31-14-11-15-32(23-31)45-33-18-19-35-34-16-8-9-17-36(34)44(37(35)24-33)38-22-30(20-21-41-38)40(3,4)5/h8-26H,6-7H2,1-5H3. The molecule has 4 aromatic carbocycles. The van der Waals surface area contributed by atoms with Crippen LogP contribution >= 0.6 is 0 Å². The molecule has 5 nitrogen and oxygen atoms in total. The van der Waals surface area contributed by atoms with Gasteiger partial charge >= 0.3 is 0 Å². The van der Waals surface area contributed by atoms with Crippen molar-refractivity contribution in [2.24, 2.45) is 0 Å². The maximum Gasteiger partial charge on any atom is 0.137 e. The van der Waals surface area contributed by atoms with E-state index in [-0.39, 0.29) is 5.41 Å². The summed E-state index contributed by atoms with van der Waals surface area (Å²) >= 11 is 0. The van der Waals surface area contributed by atoms with Crippen molar-refractivity contribution in [1.82, 2.24) is 19.3 Å². The molecule has 45 heavy (non-hydrogen) atoms. The highest BCUT2D eigenvalue weighted by molar-refractivity contribution is 6.09. The second-order valence-electron chi connectivity index (χ2n) is 12.6. The molecule has 0 saturated carbocycles. The average molecular weight is 591 g/mol. The summed E-state index contributed by atoms with van der Waals surface area (Å²) in [5, 5.41) is 7.10. The van der Waals surface area contributed by atoms with Gasteiger partial charge in [0, 0.05) is 40.9 Å². The topological polar surface area (TPSA) is 44.9 Å². The molecule has 0 N–H and O–H groups in total. The smallest absolute Gasteiger partial charge is 0.137 e. The molecule has 0 spiro atoms. The molecule has 0 fully saturated rings. The number of rotatable bonds is 7. The Morgan fingerprint density at radius 3 is 2.22 bits per heavy atom. The summed E-state index contributed by atoms with van der Waals surface area (Å²) in [5.74, 6) is 2.42. The minimum absolute atomic E-state index is 0.0166. The van der Waals surface area contributed by atoms with Crippen molar-refractivity contribution >= 4 is 21.8 Å². The molecule has 3 heterocycles. The van der Waals surface area contributed by atoms with Gasteiger partial charge in [0.2, 0.25) is 0 Å². The maximum absolute atomic E-state index is 6.50. The van der Waals surface area contributed by atoms with Crippen LogP contribution in [0.5, 0.6) is 11.5 Å². The summed E-state index contributed by atoms with van der Waals surface area (Å²) in [4.78, 5) is 4.81. The van der Waals surface area contributed by atoms with E-state index >= 15 is 0 Å². The van der Waals surface area contributed by atoms with Crippen LogP contribution in [0.4, 0.5) is 0 Å². The third-order valence-electron chi connectivity index (χ3n) is 8.67. The molecular formula is C40H38N4O. The van der Waals surface area contributed by atoms with Gasteiger partial charge < -0.3 is 4.74 Å². The number of para-hydroxylation sites is 1. The van der Waals surface area contributed by atoms with Crippen molar-refractivity contribution in [3.05, 3.63) is 132 Å². The molecule has 0 bridgehead atoms. The lowest BCUT2D eigenvalue weighted by Gasteiger charge is -2.20. The van der Waals surface area contributed by atoms with Gasteiger partial charge in [-0.05, 0) is 83.0 Å². The summed E-state index contributed by atoms with van der Waals surface area (Å²) in [7, 11) is 0. The predicted molar refractivity (Wildman–Crippen MR) is 185 cm³/mol. The van der Waals surface area contributed by atoms with Crippen molar-refractivity contribution in [2.75, 3.05) is 0 Å². The van der Waals surface area contributed by atoms with Gasteiger partial charge in [-0.2, -0.15) is 5.10 Å². The van der Waals surface area contributed by atoms with Gasteiger partial charge in [0.15, 0.2) is 0 Å². The van der Waals surface area contributed by atoms with E-state index in [1.165, 1.54) is 27.6 Å². The summed E-state index contributed by atoms with van der Waals surface area (Å²) in [6.45, 7) is 11.1. The first-order chi connectivity index (χ1) is 21.8. The first kappa shape index (κ1) is 28.6. The van der Waals surface area contributed by atoms with Crippen molar-refractivity contribution in [1.29, 1.82) is 0 Å². The fourth-order valence-electron chi connectivity index (χ4n) is 6.30. The Labute approximate surface area is 264 Å². The van der Waals surface area contributed by atoms with Crippen LogP contribution in [0.3, 0.4) is 0 Å². The normalized spacial score (nSPS) is 11.8. The molecule has 0 aliphatic rings. The third kappa shape index (κ3) is 5.29. The van der Waals surface area contributed by atoms with Gasteiger partial charge in [-0.15, -0.1) is 0 Å². The van der Waals surface area contributed by atoms with Gasteiger partial charge in [0.1, 0.15) is 17.3 Å². The van der Waals surface area contributed by atoms with Gasteiger partial charge in [-0.25, -0.2) is 9.67 Å². The summed E-state index contributed by atoms with van der Waals surface area (Å²) in [6, 6.07) is 33.8. The van der Waals surface area contributed by atoms with Crippen LogP contribution in [0, 0.1) is 0 Å². The number of aromatic nitrogens is 4. The molecule has 0 unspecified atom stereocenters. The SMILES string of the molecule is CCc1cccc(CC)c1-c1cnn(-c2cccc(Oc3ccc4c5ccccc5n(-c5cc(C(C)(C)C)ccn5)c4c3)c2)c1. The maximum atomic E-state index is 6.50. The Balaban J connectivity index is 1.25. The van der Waals surface area contributed by atoms with Crippen LogP contribution in [0.1, 0.15) is 51.3 Å². The van der Waals surface area contributed by atoms with E-state index < -0.39 is 0 Å². The summed E-state index contributed by atoms with van der Waals surface area (Å²) < 4.78 is 10.7. The van der Waals surface area contributed by atoms with Crippen LogP contribution < -0.4 is 4.74 Å². The molecule has 224 valence electrons. The van der Waals surface area contributed by atoms with Gasteiger partial charge in [0.25, 0.3) is 0 Å². The molecule has 7 rings (SSSR count). The lowest BCUT2D eigenvalue weighted by molar-refractivity contribution is 0.483. The fraction of sp³-hybridized carbons (Fsp3) is 0.200. The molecule has 5 heteroatoms. The second kappa shape index (κ2) is 11.4. The number of ether oxygens (including phenoxy) is 1. The molecule has 7 aromatic rings. The van der Waals surface area contributed by atoms with Crippen molar-refractivity contribution < 1.29 is 4.74 Å². The molecule has 0 aliphatic carbocycles. The zero-order valence-electron chi connectivity index (χ0n) is 26.6. The highest BCUT2D eigenvalue weighted by Gasteiger charge is 2.18. The van der Waals surface area contributed by atoms with Crippen molar-refractivity contribution in [2.45, 2.75) is 52.9 Å². The largest absolute Gasteiger partial charge is 0.457 e. The van der Waals surface area contributed by atoms with Gasteiger partial charge in [-0.1, -0.05) is 77.1 Å². The Bertz CT molecular complexity index is 2140. The number of fused-ring (bicyclic) bond motifs is 3. The number of pyridine rings is 1. The lowest BCUT2D eigenvalue weighted by Crippen LogP contribution is -2.12. The van der Waals surface area contributed by atoms with Crippen LogP contribution in [0.25, 0.3) is 44.4 Å². The van der Waals surface area contributed by atoms with E-state index in [1.807, 2.05) is 41.3 Å². The minimum atomic E-state index is 0.0166. The Kier molecular flexibility index (Phi) is 7.25. The van der Waals surface area contributed by atoms with Crippen molar-refractivity contribution in [3.8, 4) is 34.1 Å².